The minimum atomic E-state index is -0.921. The van der Waals surface area contributed by atoms with Gasteiger partial charge in [0.15, 0.2) is 5.82 Å². The Labute approximate surface area is 287 Å². The summed E-state index contributed by atoms with van der Waals surface area (Å²) in [7, 11) is 0. The zero-order valence-electron chi connectivity index (χ0n) is 27.6. The maximum absolute atomic E-state index is 17.3. The van der Waals surface area contributed by atoms with Crippen LogP contribution in [0.25, 0.3) is 32.9 Å². The minimum absolute atomic E-state index is 0.0122. The van der Waals surface area contributed by atoms with Gasteiger partial charge in [-0.1, -0.05) is 18.1 Å². The summed E-state index contributed by atoms with van der Waals surface area (Å²) >= 11 is 0. The van der Waals surface area contributed by atoms with E-state index in [1.165, 1.54) is 6.07 Å². The predicted octanol–water partition coefficient (Wildman–Crippen LogP) is 5.16. The number of rotatable bonds is 6. The second kappa shape index (κ2) is 11.9. The van der Waals surface area contributed by atoms with Gasteiger partial charge < -0.3 is 29.2 Å². The van der Waals surface area contributed by atoms with Gasteiger partial charge in [-0.15, -0.1) is 6.42 Å². The van der Waals surface area contributed by atoms with Gasteiger partial charge in [-0.05, 0) is 62.7 Å². The third-order valence-electron chi connectivity index (χ3n) is 11.0. The highest BCUT2D eigenvalue weighted by molar-refractivity contribution is 6.04. The summed E-state index contributed by atoms with van der Waals surface area (Å²) in [5.41, 5.74) is 0.252. The second-order valence-corrected chi connectivity index (χ2v) is 13.9. The average molecular weight is 683 g/mol. The van der Waals surface area contributed by atoms with Gasteiger partial charge in [0.25, 0.3) is 0 Å². The van der Waals surface area contributed by atoms with Gasteiger partial charge in [0.2, 0.25) is 5.88 Å². The number of alkyl halides is 1. The molecule has 5 aliphatic heterocycles. The van der Waals surface area contributed by atoms with Crippen molar-refractivity contribution in [3.63, 3.8) is 0 Å². The summed E-state index contributed by atoms with van der Waals surface area (Å²) in [4.78, 5) is 31.1. The Bertz CT molecular complexity index is 2090. The first kappa shape index (κ1) is 31.2. The maximum Gasteiger partial charge on any atom is 0.513 e. The average Bonchev–Trinajstić information content (AvgIpc) is 3.74. The molecule has 4 aromatic rings. The number of ether oxygens (including phenoxy) is 4. The van der Waals surface area contributed by atoms with Crippen LogP contribution in [0.15, 0.2) is 30.3 Å². The number of carbonyl (C=O) groups is 1. The molecule has 258 valence electrons. The zero-order chi connectivity index (χ0) is 34.1. The predicted molar refractivity (Wildman–Crippen MR) is 181 cm³/mol. The molecule has 1 N–H and O–H groups in total. The lowest BCUT2D eigenvalue weighted by Crippen LogP contribution is -2.60. The molecule has 0 saturated carbocycles. The minimum Gasteiger partial charge on any atom is -0.475 e. The van der Waals surface area contributed by atoms with E-state index in [0.717, 1.165) is 32.2 Å². The van der Waals surface area contributed by atoms with Crippen LogP contribution in [0.5, 0.6) is 17.6 Å². The maximum atomic E-state index is 17.3. The lowest BCUT2D eigenvalue weighted by molar-refractivity contribution is 0.104. The Kier molecular flexibility index (Phi) is 7.44. The molecule has 7 heterocycles. The highest BCUT2D eigenvalue weighted by Gasteiger charge is 2.50. The van der Waals surface area contributed by atoms with E-state index in [0.29, 0.717) is 59.2 Å². The molecule has 9 rings (SSSR count). The number of halogens is 2. The summed E-state index contributed by atoms with van der Waals surface area (Å²) in [5, 5.41) is 5.20. The van der Waals surface area contributed by atoms with Crippen LogP contribution in [0, 0.1) is 18.2 Å². The summed E-state index contributed by atoms with van der Waals surface area (Å²) in [6.07, 6.45) is 8.27. The molecule has 50 heavy (non-hydrogen) atoms. The summed E-state index contributed by atoms with van der Waals surface area (Å²) < 4.78 is 55.2. The van der Waals surface area contributed by atoms with Crippen LogP contribution in [0.1, 0.15) is 44.6 Å². The number of nitrogens with one attached hydrogen (secondary N) is 1. The number of terminal acetylenes is 1. The van der Waals surface area contributed by atoms with Gasteiger partial charge in [0.05, 0.1) is 18.2 Å². The third kappa shape index (κ3) is 4.99. The SMILES string of the molecule is C#Cc1cccc2cc(OC(=O)OCC)cc(-c3nc4c5c(nc(OC[C@@]67CCCN6C[C@H](F)C7)nc5c3F)N3C[C@H]5CC[C@H](N5)[C@H]3CO4)c12. The Morgan fingerprint density at radius 1 is 1.20 bits per heavy atom. The van der Waals surface area contributed by atoms with Crippen LogP contribution in [0.2, 0.25) is 0 Å². The highest BCUT2D eigenvalue weighted by Crippen LogP contribution is 2.45. The Morgan fingerprint density at radius 2 is 2.10 bits per heavy atom. The van der Waals surface area contributed by atoms with Gasteiger partial charge in [-0.25, -0.2) is 18.6 Å². The van der Waals surface area contributed by atoms with Crippen molar-refractivity contribution in [2.24, 2.45) is 0 Å². The van der Waals surface area contributed by atoms with Crippen molar-refractivity contribution in [2.45, 2.75) is 68.9 Å². The van der Waals surface area contributed by atoms with Crippen LogP contribution in [0.3, 0.4) is 0 Å². The molecule has 11 nitrogen and oxygen atoms in total. The molecule has 5 aliphatic rings. The van der Waals surface area contributed by atoms with E-state index < -0.39 is 23.7 Å². The van der Waals surface area contributed by atoms with Gasteiger partial charge >= 0.3 is 12.2 Å². The van der Waals surface area contributed by atoms with E-state index in [1.807, 2.05) is 0 Å². The lowest BCUT2D eigenvalue weighted by Gasteiger charge is -2.40. The zero-order valence-corrected chi connectivity index (χ0v) is 27.6. The number of benzene rings is 2. The number of pyridine rings is 1. The largest absolute Gasteiger partial charge is 0.513 e. The number of nitrogens with zero attached hydrogens (tertiary/aromatic N) is 5. The van der Waals surface area contributed by atoms with E-state index >= 15 is 4.39 Å². The number of hydrogen-bond donors (Lipinski definition) is 1. The molecular formula is C37H36F2N6O5. The lowest BCUT2D eigenvalue weighted by atomic mass is 9.95. The Hall–Kier alpha value is -4.80. The first-order valence-corrected chi connectivity index (χ1v) is 17.3. The van der Waals surface area contributed by atoms with Crippen molar-refractivity contribution < 1.29 is 32.5 Å². The summed E-state index contributed by atoms with van der Waals surface area (Å²) in [6, 6.07) is 8.84. The first-order chi connectivity index (χ1) is 24.3. The molecule has 2 aromatic heterocycles. The van der Waals surface area contributed by atoms with Crippen LogP contribution in [-0.2, 0) is 4.74 Å². The Morgan fingerprint density at radius 3 is 2.96 bits per heavy atom. The monoisotopic (exact) mass is 682 g/mol. The molecule has 5 atom stereocenters. The number of aromatic nitrogens is 3. The number of piperazine rings is 1. The van der Waals surface area contributed by atoms with Gasteiger partial charge in [0, 0.05) is 48.1 Å². The van der Waals surface area contributed by atoms with Crippen LogP contribution >= 0.6 is 0 Å². The molecule has 0 unspecified atom stereocenters. The number of hydrogen-bond acceptors (Lipinski definition) is 11. The molecule has 0 radical (unpaired) electrons. The third-order valence-corrected chi connectivity index (χ3v) is 11.0. The van der Waals surface area contributed by atoms with E-state index in [9.17, 15) is 9.18 Å². The number of fused-ring (bicyclic) bond motifs is 7. The fraction of sp³-hybridized carbons (Fsp3) is 0.459. The highest BCUT2D eigenvalue weighted by atomic mass is 19.1. The molecule has 4 saturated heterocycles. The van der Waals surface area contributed by atoms with E-state index in [4.69, 9.17) is 35.3 Å². The van der Waals surface area contributed by atoms with E-state index in [1.54, 1.807) is 31.2 Å². The fourth-order valence-electron chi connectivity index (χ4n) is 8.82. The van der Waals surface area contributed by atoms with Crippen molar-refractivity contribution in [2.75, 3.05) is 44.4 Å². The van der Waals surface area contributed by atoms with E-state index in [2.05, 4.69) is 26.0 Å². The van der Waals surface area contributed by atoms with Crippen molar-refractivity contribution >= 4 is 33.6 Å². The van der Waals surface area contributed by atoms with Crippen molar-refractivity contribution in [1.29, 1.82) is 0 Å². The van der Waals surface area contributed by atoms with Gasteiger partial charge in [-0.2, -0.15) is 9.97 Å². The van der Waals surface area contributed by atoms with Crippen molar-refractivity contribution in [3.05, 3.63) is 41.7 Å². The molecule has 0 aliphatic carbocycles. The smallest absolute Gasteiger partial charge is 0.475 e. The van der Waals surface area contributed by atoms with Crippen molar-refractivity contribution in [3.8, 4) is 41.2 Å². The molecule has 2 aromatic carbocycles. The van der Waals surface area contributed by atoms with Crippen LogP contribution in [-0.4, -0.2) is 95.3 Å². The fourth-order valence-corrected chi connectivity index (χ4v) is 8.82. The Balaban J connectivity index is 1.23. The molecule has 13 heteroatoms. The van der Waals surface area contributed by atoms with Crippen LogP contribution < -0.4 is 24.4 Å². The standard InChI is InChI=1S/C37H36F2N6O5/c1-3-20-7-5-8-21-13-24(50-36(46)47-4-2)14-25(28(20)21)31-30(39)32-29-33(45-17-23-9-10-26(40-23)27(45)18-48-34(29)41-31)43-35(42-32)49-19-37-11-6-12-44(37)16-22(38)15-37/h1,5,7-8,13-14,22-23,26-27,40H,4,6,9-12,15-19H2,2H3/t22-,23-,26+,27-,37+/m1/s1. The number of anilines is 1. The molecule has 2 bridgehead atoms. The molecule has 0 amide bonds. The number of carbonyl (C=O) groups excluding carboxylic acids is 1. The van der Waals surface area contributed by atoms with Gasteiger partial charge in [-0.3, -0.25) is 4.90 Å². The molecule has 0 spiro atoms. The van der Waals surface area contributed by atoms with Crippen LogP contribution in [0.4, 0.5) is 19.4 Å². The topological polar surface area (TPSA) is 111 Å². The summed E-state index contributed by atoms with van der Waals surface area (Å²) in [5.74, 6) is 2.78. The second-order valence-electron chi connectivity index (χ2n) is 13.9. The van der Waals surface area contributed by atoms with Gasteiger partial charge in [0.1, 0.15) is 47.5 Å². The van der Waals surface area contributed by atoms with E-state index in [-0.39, 0.29) is 60.2 Å². The first-order valence-electron chi connectivity index (χ1n) is 17.3. The van der Waals surface area contributed by atoms with Crippen molar-refractivity contribution in [1.82, 2.24) is 25.2 Å². The molecule has 4 fully saturated rings. The molecular weight excluding hydrogens is 646 g/mol. The summed E-state index contributed by atoms with van der Waals surface area (Å²) in [6.45, 7) is 4.14. The normalized spacial score (nSPS) is 26.6. The quantitative estimate of drug-likeness (QED) is 0.166.